The number of carbonyl (C=O) groups excluding carboxylic acids is 1. The first-order valence-electron chi connectivity index (χ1n) is 12.8. The summed E-state index contributed by atoms with van der Waals surface area (Å²) in [6.45, 7) is 5.47. The van der Waals surface area contributed by atoms with Crippen molar-refractivity contribution in [2.45, 2.75) is 32.4 Å². The molecule has 10 nitrogen and oxygen atoms in total. The van der Waals surface area contributed by atoms with Gasteiger partial charge in [0.15, 0.2) is 11.5 Å². The molecule has 3 aromatic heterocycles. The minimum atomic E-state index is -0.0409. The number of rotatable bonds is 6. The predicted molar refractivity (Wildman–Crippen MR) is 136 cm³/mol. The number of hydrogen-bond acceptors (Lipinski definition) is 8. The molecule has 37 heavy (non-hydrogen) atoms. The van der Waals surface area contributed by atoms with Gasteiger partial charge in [-0.15, -0.1) is 0 Å². The molecule has 3 aliphatic heterocycles. The molecule has 3 aliphatic rings. The maximum absolute atomic E-state index is 12.9. The molecule has 3 aromatic rings. The van der Waals surface area contributed by atoms with Gasteiger partial charge in [-0.3, -0.25) is 19.6 Å². The summed E-state index contributed by atoms with van der Waals surface area (Å²) in [4.78, 5) is 38.8. The van der Waals surface area contributed by atoms with Crippen LogP contribution in [0, 0.1) is 5.41 Å². The highest BCUT2D eigenvalue weighted by Gasteiger charge is 2.44. The molecule has 0 bridgehead atoms. The van der Waals surface area contributed by atoms with Crippen molar-refractivity contribution in [3.8, 4) is 17.2 Å². The van der Waals surface area contributed by atoms with Gasteiger partial charge in [-0.25, -0.2) is 0 Å². The molecule has 0 radical (unpaired) electrons. The molecule has 2 fully saturated rings. The first-order chi connectivity index (χ1) is 18.0. The van der Waals surface area contributed by atoms with Crippen LogP contribution in [0.2, 0.25) is 0 Å². The molecule has 0 unspecified atom stereocenters. The van der Waals surface area contributed by atoms with E-state index in [-0.39, 0.29) is 16.9 Å². The first kappa shape index (κ1) is 23.7. The molecule has 10 heteroatoms. The number of ether oxygens (including phenoxy) is 3. The number of piperidine rings is 1. The Hall–Kier alpha value is -3.66. The number of likely N-dealkylation sites (tertiary alicyclic amines) is 2. The Bertz CT molecular complexity index is 1380. The smallest absolute Gasteiger partial charge is 0.251 e. The molecule has 2 saturated heterocycles. The highest BCUT2D eigenvalue weighted by molar-refractivity contribution is 5.79. The van der Waals surface area contributed by atoms with E-state index >= 15 is 0 Å². The van der Waals surface area contributed by atoms with Crippen molar-refractivity contribution in [3.63, 3.8) is 0 Å². The topological polar surface area (TPSA) is 99.0 Å². The summed E-state index contributed by atoms with van der Waals surface area (Å²) in [5, 5.41) is 0. The summed E-state index contributed by atoms with van der Waals surface area (Å²) in [5.41, 5.74) is 2.34. The summed E-state index contributed by atoms with van der Waals surface area (Å²) in [5.74, 6) is 2.18. The Morgan fingerprint density at radius 2 is 1.81 bits per heavy atom. The van der Waals surface area contributed by atoms with E-state index in [2.05, 4.69) is 14.9 Å². The fourth-order valence-electron chi connectivity index (χ4n) is 5.72. The Kier molecular flexibility index (Phi) is 6.19. The van der Waals surface area contributed by atoms with Crippen molar-refractivity contribution < 1.29 is 19.0 Å². The van der Waals surface area contributed by atoms with Gasteiger partial charge in [0.2, 0.25) is 5.91 Å². The molecule has 0 saturated carbocycles. The third kappa shape index (κ3) is 4.73. The highest BCUT2D eigenvalue weighted by atomic mass is 16.6. The largest absolute Gasteiger partial charge is 0.495 e. The third-order valence-corrected chi connectivity index (χ3v) is 7.85. The van der Waals surface area contributed by atoms with Gasteiger partial charge >= 0.3 is 0 Å². The summed E-state index contributed by atoms with van der Waals surface area (Å²) >= 11 is 0. The fourth-order valence-corrected chi connectivity index (χ4v) is 5.72. The van der Waals surface area contributed by atoms with E-state index in [0.717, 1.165) is 55.7 Å². The quantitative estimate of drug-likeness (QED) is 0.502. The van der Waals surface area contributed by atoms with E-state index in [4.69, 9.17) is 14.2 Å². The Morgan fingerprint density at radius 1 is 1.00 bits per heavy atom. The molecule has 0 aliphatic carbocycles. The van der Waals surface area contributed by atoms with E-state index < -0.39 is 0 Å². The van der Waals surface area contributed by atoms with Crippen LogP contribution in [-0.4, -0.2) is 76.7 Å². The van der Waals surface area contributed by atoms with Crippen molar-refractivity contribution in [3.05, 3.63) is 52.7 Å². The number of nitrogens with zero attached hydrogens (tertiary/aromatic N) is 5. The van der Waals surface area contributed by atoms with Crippen LogP contribution >= 0.6 is 0 Å². The van der Waals surface area contributed by atoms with E-state index in [1.165, 1.54) is 0 Å². The second kappa shape index (κ2) is 9.66. The van der Waals surface area contributed by atoms with Gasteiger partial charge in [0, 0.05) is 44.3 Å². The van der Waals surface area contributed by atoms with Gasteiger partial charge in [0.1, 0.15) is 19.0 Å². The number of amides is 1. The third-order valence-electron chi connectivity index (χ3n) is 7.85. The molecule has 0 aromatic carbocycles. The highest BCUT2D eigenvalue weighted by Crippen LogP contribution is 2.41. The lowest BCUT2D eigenvalue weighted by atomic mass is 9.77. The van der Waals surface area contributed by atoms with E-state index in [0.29, 0.717) is 50.0 Å². The molecular formula is C27H31N5O5. The van der Waals surface area contributed by atoms with Crippen LogP contribution in [0.5, 0.6) is 17.2 Å². The second-order valence-corrected chi connectivity index (χ2v) is 10.2. The van der Waals surface area contributed by atoms with Gasteiger partial charge < -0.3 is 28.6 Å². The summed E-state index contributed by atoms with van der Waals surface area (Å²) in [6.07, 6.45) is 5.86. The molecule has 1 spiro atoms. The molecule has 0 atom stereocenters. The number of methoxy groups -OCH3 is 1. The lowest BCUT2D eigenvalue weighted by Gasteiger charge is -2.39. The number of aromatic nitrogens is 3. The Labute approximate surface area is 214 Å². The van der Waals surface area contributed by atoms with Gasteiger partial charge in [-0.05, 0) is 37.4 Å². The van der Waals surface area contributed by atoms with Crippen molar-refractivity contribution in [1.29, 1.82) is 0 Å². The molecule has 1 amide bonds. The van der Waals surface area contributed by atoms with Crippen LogP contribution < -0.4 is 19.8 Å². The van der Waals surface area contributed by atoms with Crippen LogP contribution in [0.15, 0.2) is 41.5 Å². The van der Waals surface area contributed by atoms with E-state index in [1.54, 1.807) is 36.2 Å². The fraction of sp³-hybridized carbons (Fsp3) is 0.481. The lowest BCUT2D eigenvalue weighted by Crippen LogP contribution is -2.43. The summed E-state index contributed by atoms with van der Waals surface area (Å²) < 4.78 is 18.3. The predicted octanol–water partition coefficient (Wildman–Crippen LogP) is 2.09. The van der Waals surface area contributed by atoms with Gasteiger partial charge in [-0.1, -0.05) is 0 Å². The van der Waals surface area contributed by atoms with Gasteiger partial charge in [0.05, 0.1) is 42.8 Å². The van der Waals surface area contributed by atoms with Crippen LogP contribution in [0.25, 0.3) is 11.0 Å². The van der Waals surface area contributed by atoms with Gasteiger partial charge in [0.25, 0.3) is 5.56 Å². The normalized spacial score (nSPS) is 19.1. The van der Waals surface area contributed by atoms with Crippen LogP contribution in [0.3, 0.4) is 0 Å². The minimum absolute atomic E-state index is 0.00890. The number of hydrogen-bond donors (Lipinski definition) is 0. The number of carbonyl (C=O) groups is 1. The monoisotopic (exact) mass is 505 g/mol. The maximum atomic E-state index is 12.9. The summed E-state index contributed by atoms with van der Waals surface area (Å²) in [6, 6.07) is 7.07. The SMILES string of the molecule is COc1cnc2ccc(=O)n(CCN3CCC4(CC3)CC(=O)N(Cc3cc5c(cn3)OCCO5)C4)c2c1. The Balaban J connectivity index is 1.07. The average molecular weight is 506 g/mol. The lowest BCUT2D eigenvalue weighted by molar-refractivity contribution is -0.128. The molecule has 6 heterocycles. The van der Waals surface area contributed by atoms with Crippen molar-refractivity contribution in [2.24, 2.45) is 5.41 Å². The summed E-state index contributed by atoms with van der Waals surface area (Å²) in [7, 11) is 1.60. The molecule has 6 rings (SSSR count). The number of pyridine rings is 3. The zero-order chi connectivity index (χ0) is 25.4. The zero-order valence-electron chi connectivity index (χ0n) is 21.0. The number of fused-ring (bicyclic) bond motifs is 2. The standard InChI is InChI=1S/C27H31N5O5/c1-35-20-13-22-21(29-15-20)2-3-25(33)32(22)9-8-30-6-4-27(5-7-30)14-26(34)31(18-27)17-19-12-23-24(16-28-19)37-11-10-36-23/h2-3,12-13,15-16H,4-11,14,17-18H2,1H3. The van der Waals surface area contributed by atoms with Crippen molar-refractivity contribution in [2.75, 3.05) is 46.5 Å². The molecule has 0 N–H and O–H groups in total. The van der Waals surface area contributed by atoms with Gasteiger partial charge in [-0.2, -0.15) is 0 Å². The van der Waals surface area contributed by atoms with Crippen LogP contribution in [0.1, 0.15) is 25.0 Å². The van der Waals surface area contributed by atoms with E-state index in [1.807, 2.05) is 17.0 Å². The minimum Gasteiger partial charge on any atom is -0.495 e. The molecular weight excluding hydrogens is 474 g/mol. The second-order valence-electron chi connectivity index (χ2n) is 10.2. The Morgan fingerprint density at radius 3 is 2.62 bits per heavy atom. The van der Waals surface area contributed by atoms with Crippen LogP contribution in [0.4, 0.5) is 0 Å². The average Bonchev–Trinajstić information content (AvgIpc) is 3.22. The van der Waals surface area contributed by atoms with Crippen molar-refractivity contribution >= 4 is 16.9 Å². The van der Waals surface area contributed by atoms with Crippen molar-refractivity contribution in [1.82, 2.24) is 24.3 Å². The first-order valence-corrected chi connectivity index (χ1v) is 12.8. The zero-order valence-corrected chi connectivity index (χ0v) is 21.0. The maximum Gasteiger partial charge on any atom is 0.251 e. The van der Waals surface area contributed by atoms with Crippen LogP contribution in [-0.2, 0) is 17.9 Å². The molecule has 194 valence electrons. The van der Waals surface area contributed by atoms with E-state index in [9.17, 15) is 9.59 Å².